The highest BCUT2D eigenvalue weighted by molar-refractivity contribution is 5.19. The largest absolute Gasteiger partial charge is 0.390 e. The van der Waals surface area contributed by atoms with Crippen molar-refractivity contribution in [3.8, 4) is 0 Å². The monoisotopic (exact) mass is 306 g/mol. The van der Waals surface area contributed by atoms with E-state index in [2.05, 4.69) is 55.0 Å². The Balaban J connectivity index is 1.91. The van der Waals surface area contributed by atoms with E-state index in [1.165, 1.54) is 5.56 Å². The van der Waals surface area contributed by atoms with Crippen LogP contribution in [0.25, 0.3) is 0 Å². The maximum absolute atomic E-state index is 10.4. The summed E-state index contributed by atoms with van der Waals surface area (Å²) in [5.74, 6) is 0.503. The van der Waals surface area contributed by atoms with E-state index in [1.54, 1.807) is 0 Å². The van der Waals surface area contributed by atoms with Crippen LogP contribution in [0.3, 0.4) is 0 Å². The van der Waals surface area contributed by atoms with Gasteiger partial charge in [0.15, 0.2) is 0 Å². The minimum absolute atomic E-state index is 0.326. The van der Waals surface area contributed by atoms with Crippen molar-refractivity contribution in [3.05, 3.63) is 35.9 Å². The fourth-order valence-electron chi connectivity index (χ4n) is 3.38. The van der Waals surface area contributed by atoms with E-state index < -0.39 is 0 Å². The summed E-state index contributed by atoms with van der Waals surface area (Å²) in [7, 11) is 2.11. The molecule has 4 nitrogen and oxygen atoms in total. The van der Waals surface area contributed by atoms with E-state index in [0.29, 0.717) is 18.5 Å². The smallest absolute Gasteiger partial charge is 0.0793 e. The second kappa shape index (κ2) is 8.63. The van der Waals surface area contributed by atoms with Crippen LogP contribution in [0.2, 0.25) is 0 Å². The molecule has 1 N–H and O–H groups in total. The Kier molecular flexibility index (Phi) is 6.83. The van der Waals surface area contributed by atoms with Crippen LogP contribution < -0.4 is 0 Å². The molecule has 2 atom stereocenters. The average molecular weight is 306 g/mol. The maximum atomic E-state index is 10.4. The molecule has 1 fully saturated rings. The summed E-state index contributed by atoms with van der Waals surface area (Å²) in [6.45, 7) is 9.30. The molecule has 1 aromatic carbocycles. The summed E-state index contributed by atoms with van der Waals surface area (Å²) in [6, 6.07) is 10.9. The lowest BCUT2D eigenvalue weighted by Gasteiger charge is -2.35. The third kappa shape index (κ3) is 5.06. The SMILES string of the molecule is CC(C)C(c1ccccc1)N(C)CC(O)CN1CCOCC1. The summed E-state index contributed by atoms with van der Waals surface area (Å²) in [5, 5.41) is 10.4. The van der Waals surface area contributed by atoms with Crippen LogP contribution in [-0.4, -0.2) is 67.5 Å². The quantitative estimate of drug-likeness (QED) is 0.836. The maximum Gasteiger partial charge on any atom is 0.0793 e. The number of rotatable bonds is 7. The van der Waals surface area contributed by atoms with Gasteiger partial charge in [0.2, 0.25) is 0 Å². The van der Waals surface area contributed by atoms with E-state index in [0.717, 1.165) is 32.8 Å². The van der Waals surface area contributed by atoms with Crippen molar-refractivity contribution in [2.45, 2.75) is 26.0 Å². The van der Waals surface area contributed by atoms with Crippen LogP contribution in [0.5, 0.6) is 0 Å². The average Bonchev–Trinajstić information content (AvgIpc) is 2.48. The van der Waals surface area contributed by atoms with Crippen LogP contribution in [0.15, 0.2) is 30.3 Å². The number of β-amino-alcohol motifs (C(OH)–C–C–N with tert-alkyl or cyclic N) is 1. The molecule has 22 heavy (non-hydrogen) atoms. The molecule has 1 saturated heterocycles. The predicted molar refractivity (Wildman–Crippen MR) is 89.9 cm³/mol. The number of nitrogens with zero attached hydrogens (tertiary/aromatic N) is 2. The molecule has 2 rings (SSSR count). The highest BCUT2D eigenvalue weighted by atomic mass is 16.5. The highest BCUT2D eigenvalue weighted by Crippen LogP contribution is 2.27. The van der Waals surface area contributed by atoms with Crippen LogP contribution >= 0.6 is 0 Å². The van der Waals surface area contributed by atoms with Crippen molar-refractivity contribution in [2.24, 2.45) is 5.92 Å². The minimum atomic E-state index is -0.326. The number of hydrogen-bond donors (Lipinski definition) is 1. The highest BCUT2D eigenvalue weighted by Gasteiger charge is 2.23. The number of hydrogen-bond acceptors (Lipinski definition) is 4. The molecule has 0 saturated carbocycles. The predicted octanol–water partition coefficient (Wildman–Crippen LogP) is 2.01. The van der Waals surface area contributed by atoms with Gasteiger partial charge in [-0.15, -0.1) is 0 Å². The molecule has 0 amide bonds. The van der Waals surface area contributed by atoms with Crippen molar-refractivity contribution >= 4 is 0 Å². The first-order valence-electron chi connectivity index (χ1n) is 8.31. The number of likely N-dealkylation sites (N-methyl/N-ethyl adjacent to an activating group) is 1. The lowest BCUT2D eigenvalue weighted by atomic mass is 9.94. The second-order valence-corrected chi connectivity index (χ2v) is 6.61. The molecule has 0 aromatic heterocycles. The number of aliphatic hydroxyl groups is 1. The Morgan fingerprint density at radius 1 is 1.18 bits per heavy atom. The third-order valence-corrected chi connectivity index (χ3v) is 4.32. The summed E-state index contributed by atoms with van der Waals surface area (Å²) in [6.07, 6.45) is -0.326. The summed E-state index contributed by atoms with van der Waals surface area (Å²) in [5.41, 5.74) is 1.32. The van der Waals surface area contributed by atoms with Gasteiger partial charge in [0.1, 0.15) is 0 Å². The Morgan fingerprint density at radius 2 is 1.82 bits per heavy atom. The minimum Gasteiger partial charge on any atom is -0.390 e. The first-order chi connectivity index (χ1) is 10.6. The van der Waals surface area contributed by atoms with E-state index >= 15 is 0 Å². The molecule has 1 aliphatic rings. The first-order valence-corrected chi connectivity index (χ1v) is 8.31. The molecule has 0 aliphatic carbocycles. The molecule has 0 bridgehead atoms. The van der Waals surface area contributed by atoms with Gasteiger partial charge < -0.3 is 9.84 Å². The number of ether oxygens (including phenoxy) is 1. The van der Waals surface area contributed by atoms with Gasteiger partial charge in [0.25, 0.3) is 0 Å². The zero-order valence-corrected chi connectivity index (χ0v) is 14.1. The Labute approximate surface area is 134 Å². The zero-order valence-electron chi connectivity index (χ0n) is 14.1. The zero-order chi connectivity index (χ0) is 15.9. The van der Waals surface area contributed by atoms with Crippen LogP contribution in [0, 0.1) is 5.92 Å². The molecule has 1 aliphatic heterocycles. The van der Waals surface area contributed by atoms with Gasteiger partial charge in [0.05, 0.1) is 19.3 Å². The molecule has 124 valence electrons. The number of morpholine rings is 1. The Morgan fingerprint density at radius 3 is 2.41 bits per heavy atom. The second-order valence-electron chi connectivity index (χ2n) is 6.61. The van der Waals surface area contributed by atoms with Gasteiger partial charge >= 0.3 is 0 Å². The molecular weight excluding hydrogens is 276 g/mol. The fraction of sp³-hybridized carbons (Fsp3) is 0.667. The first kappa shape index (κ1) is 17.4. The molecule has 0 spiro atoms. The molecule has 1 aromatic rings. The van der Waals surface area contributed by atoms with Gasteiger partial charge in [-0.3, -0.25) is 9.80 Å². The van der Waals surface area contributed by atoms with Crippen LogP contribution in [0.1, 0.15) is 25.5 Å². The molecule has 1 heterocycles. The van der Waals surface area contributed by atoms with E-state index in [9.17, 15) is 5.11 Å². The third-order valence-electron chi connectivity index (χ3n) is 4.32. The van der Waals surface area contributed by atoms with E-state index in [4.69, 9.17) is 4.74 Å². The van der Waals surface area contributed by atoms with Crippen LogP contribution in [0.4, 0.5) is 0 Å². The Hall–Kier alpha value is -0.940. The van der Waals surface area contributed by atoms with E-state index in [1.807, 2.05) is 6.07 Å². The van der Waals surface area contributed by atoms with Crippen molar-refractivity contribution in [2.75, 3.05) is 46.4 Å². The fourth-order valence-corrected chi connectivity index (χ4v) is 3.38. The van der Waals surface area contributed by atoms with Crippen molar-refractivity contribution in [1.29, 1.82) is 0 Å². The van der Waals surface area contributed by atoms with Crippen LogP contribution in [-0.2, 0) is 4.74 Å². The summed E-state index contributed by atoms with van der Waals surface area (Å²) in [4.78, 5) is 4.57. The van der Waals surface area contributed by atoms with Crippen molar-refractivity contribution in [3.63, 3.8) is 0 Å². The van der Waals surface area contributed by atoms with Gasteiger partial charge in [-0.05, 0) is 18.5 Å². The van der Waals surface area contributed by atoms with Gasteiger partial charge in [-0.1, -0.05) is 44.2 Å². The van der Waals surface area contributed by atoms with Crippen molar-refractivity contribution < 1.29 is 9.84 Å². The van der Waals surface area contributed by atoms with E-state index in [-0.39, 0.29) is 6.10 Å². The lowest BCUT2D eigenvalue weighted by Crippen LogP contribution is -2.45. The van der Waals surface area contributed by atoms with Crippen molar-refractivity contribution in [1.82, 2.24) is 9.80 Å². The molecule has 4 heteroatoms. The molecule has 2 unspecified atom stereocenters. The summed E-state index contributed by atoms with van der Waals surface area (Å²) >= 11 is 0. The molecule has 0 radical (unpaired) electrons. The number of benzene rings is 1. The molecular formula is C18H30N2O2. The normalized spacial score (nSPS) is 19.5. The Bertz CT molecular complexity index is 418. The van der Waals surface area contributed by atoms with Gasteiger partial charge in [0, 0.05) is 32.2 Å². The standard InChI is InChI=1S/C18H30N2O2/c1-15(2)18(16-7-5-4-6-8-16)19(3)13-17(21)14-20-9-11-22-12-10-20/h4-8,15,17-18,21H,9-14H2,1-3H3. The number of aliphatic hydroxyl groups excluding tert-OH is 1. The van der Waals surface area contributed by atoms with Gasteiger partial charge in [-0.25, -0.2) is 0 Å². The summed E-state index contributed by atoms with van der Waals surface area (Å²) < 4.78 is 5.36. The topological polar surface area (TPSA) is 35.9 Å². The lowest BCUT2D eigenvalue weighted by molar-refractivity contribution is 0.00386. The van der Waals surface area contributed by atoms with Gasteiger partial charge in [-0.2, -0.15) is 0 Å².